The lowest BCUT2D eigenvalue weighted by Gasteiger charge is -2.08. The van der Waals surface area contributed by atoms with Gasteiger partial charge < -0.3 is 5.32 Å². The Kier molecular flexibility index (Phi) is 4.69. The van der Waals surface area contributed by atoms with Crippen LogP contribution in [0.4, 0.5) is 18.9 Å². The Morgan fingerprint density at radius 1 is 1.30 bits per heavy atom. The first-order valence-corrected chi connectivity index (χ1v) is 5.61. The number of nitrogens with one attached hydrogen (secondary N) is 1. The van der Waals surface area contributed by atoms with Gasteiger partial charge in [-0.1, -0.05) is 0 Å². The maximum absolute atomic E-state index is 12.8. The Labute approximate surface area is 120 Å². The minimum atomic E-state index is -4.44. The molecule has 0 unspecified atom stereocenters. The van der Waals surface area contributed by atoms with Crippen LogP contribution in [0, 0.1) is 6.92 Å². The zero-order valence-electron chi connectivity index (χ0n) is 11.2. The van der Waals surface area contributed by atoms with Gasteiger partial charge >= 0.3 is 6.18 Å². The molecule has 2 aromatic heterocycles. The second-order valence-electron chi connectivity index (χ2n) is 4.30. The number of alkyl halides is 3. The van der Waals surface area contributed by atoms with Gasteiger partial charge in [-0.2, -0.15) is 23.4 Å². The van der Waals surface area contributed by atoms with Crippen molar-refractivity contribution in [1.29, 1.82) is 0 Å². The van der Waals surface area contributed by atoms with Crippen LogP contribution in [-0.4, -0.2) is 19.6 Å². The molecule has 20 heavy (non-hydrogen) atoms. The van der Waals surface area contributed by atoms with Crippen LogP contribution >= 0.6 is 12.4 Å². The van der Waals surface area contributed by atoms with E-state index in [-0.39, 0.29) is 24.5 Å². The molecular weight excluding hydrogens is 295 g/mol. The van der Waals surface area contributed by atoms with Gasteiger partial charge in [-0.05, 0) is 6.92 Å². The van der Waals surface area contributed by atoms with Gasteiger partial charge in [0.15, 0.2) is 5.69 Å². The first-order chi connectivity index (χ1) is 8.79. The van der Waals surface area contributed by atoms with Crippen molar-refractivity contribution >= 4 is 18.1 Å². The van der Waals surface area contributed by atoms with Crippen LogP contribution in [0.25, 0.3) is 0 Å². The molecule has 0 aliphatic heterocycles. The normalized spacial score (nSPS) is 11.3. The molecule has 0 aliphatic carbocycles. The van der Waals surface area contributed by atoms with Gasteiger partial charge in [0.1, 0.15) is 0 Å². The molecule has 2 heterocycles. The van der Waals surface area contributed by atoms with Crippen molar-refractivity contribution < 1.29 is 13.2 Å². The SMILES string of the molecule is Cc1c(NCc2cn(C)nc2C(F)(F)F)cnn1C.Cl. The van der Waals surface area contributed by atoms with Crippen LogP contribution in [0.2, 0.25) is 0 Å². The van der Waals surface area contributed by atoms with Crippen LogP contribution < -0.4 is 5.32 Å². The molecule has 0 fully saturated rings. The first kappa shape index (κ1) is 16.4. The van der Waals surface area contributed by atoms with E-state index in [1.54, 1.807) is 17.9 Å². The van der Waals surface area contributed by atoms with Crippen molar-refractivity contribution in [3.8, 4) is 0 Å². The van der Waals surface area contributed by atoms with Crippen molar-refractivity contribution in [3.05, 3.63) is 29.3 Å². The Balaban J connectivity index is 0.00000200. The highest BCUT2D eigenvalue weighted by molar-refractivity contribution is 5.85. The number of rotatable bonds is 3. The topological polar surface area (TPSA) is 47.7 Å². The summed E-state index contributed by atoms with van der Waals surface area (Å²) in [6.07, 6.45) is -1.50. The second kappa shape index (κ2) is 5.74. The van der Waals surface area contributed by atoms with Crippen LogP contribution in [0.3, 0.4) is 0 Å². The summed E-state index contributed by atoms with van der Waals surface area (Å²) in [7, 11) is 3.24. The van der Waals surface area contributed by atoms with Gasteiger partial charge in [0, 0.05) is 32.4 Å². The summed E-state index contributed by atoms with van der Waals surface area (Å²) in [5, 5.41) is 10.4. The third-order valence-corrected chi connectivity index (χ3v) is 2.88. The molecule has 0 radical (unpaired) electrons. The molecule has 0 aliphatic rings. The fourth-order valence-electron chi connectivity index (χ4n) is 1.77. The molecule has 0 amide bonds. The molecule has 0 saturated heterocycles. The van der Waals surface area contributed by atoms with Crippen molar-refractivity contribution in [2.45, 2.75) is 19.6 Å². The number of hydrogen-bond acceptors (Lipinski definition) is 3. The van der Waals surface area contributed by atoms with Crippen molar-refractivity contribution in [3.63, 3.8) is 0 Å². The first-order valence-electron chi connectivity index (χ1n) is 5.61. The number of halogens is 4. The van der Waals surface area contributed by atoms with E-state index in [2.05, 4.69) is 15.5 Å². The highest BCUT2D eigenvalue weighted by atomic mass is 35.5. The quantitative estimate of drug-likeness (QED) is 0.947. The smallest absolute Gasteiger partial charge is 0.378 e. The molecule has 1 N–H and O–H groups in total. The fraction of sp³-hybridized carbons (Fsp3) is 0.455. The number of aromatic nitrogens is 4. The highest BCUT2D eigenvalue weighted by Crippen LogP contribution is 2.31. The molecule has 9 heteroatoms. The lowest BCUT2D eigenvalue weighted by Crippen LogP contribution is -2.11. The Morgan fingerprint density at radius 2 is 1.95 bits per heavy atom. The lowest BCUT2D eigenvalue weighted by atomic mass is 10.2. The minimum absolute atomic E-state index is 0. The molecule has 0 atom stereocenters. The van der Waals surface area contributed by atoms with Crippen LogP contribution in [0.15, 0.2) is 12.4 Å². The predicted molar refractivity (Wildman–Crippen MR) is 70.7 cm³/mol. The van der Waals surface area contributed by atoms with Gasteiger partial charge in [-0.3, -0.25) is 9.36 Å². The van der Waals surface area contributed by atoms with E-state index in [1.807, 2.05) is 6.92 Å². The van der Waals surface area contributed by atoms with E-state index in [1.165, 1.54) is 13.2 Å². The van der Waals surface area contributed by atoms with Crippen LogP contribution in [-0.2, 0) is 26.8 Å². The van der Waals surface area contributed by atoms with Crippen LogP contribution in [0.1, 0.15) is 17.0 Å². The summed E-state index contributed by atoms with van der Waals surface area (Å²) < 4.78 is 41.1. The standard InChI is InChI=1S/C11H14F3N5.ClH/c1-7-9(5-16-19(7)3)15-4-8-6-18(2)17-10(8)11(12,13)14;/h5-6,15H,4H2,1-3H3;1H. The number of nitrogens with zero attached hydrogens (tertiary/aromatic N) is 4. The Bertz CT molecular complexity index is 587. The van der Waals surface area contributed by atoms with Gasteiger partial charge in [-0.25, -0.2) is 0 Å². The molecule has 5 nitrogen and oxygen atoms in total. The van der Waals surface area contributed by atoms with Gasteiger partial charge in [0.2, 0.25) is 0 Å². The summed E-state index contributed by atoms with van der Waals surface area (Å²) in [5.74, 6) is 0. The summed E-state index contributed by atoms with van der Waals surface area (Å²) in [6, 6.07) is 0. The van der Waals surface area contributed by atoms with E-state index in [9.17, 15) is 13.2 Å². The lowest BCUT2D eigenvalue weighted by molar-refractivity contribution is -0.142. The molecule has 0 saturated carbocycles. The maximum Gasteiger partial charge on any atom is 0.435 e. The molecular formula is C11H15ClF3N5. The average Bonchev–Trinajstić information content (AvgIpc) is 2.82. The summed E-state index contributed by atoms with van der Waals surface area (Å²) in [6.45, 7) is 1.89. The summed E-state index contributed by atoms with van der Waals surface area (Å²) in [5.41, 5.74) is 0.819. The van der Waals surface area contributed by atoms with E-state index in [0.717, 1.165) is 10.4 Å². The largest absolute Gasteiger partial charge is 0.435 e. The summed E-state index contributed by atoms with van der Waals surface area (Å²) >= 11 is 0. The third-order valence-electron chi connectivity index (χ3n) is 2.88. The summed E-state index contributed by atoms with van der Waals surface area (Å²) in [4.78, 5) is 0. The van der Waals surface area contributed by atoms with Crippen LogP contribution in [0.5, 0.6) is 0 Å². The zero-order chi connectivity index (χ0) is 14.2. The van der Waals surface area contributed by atoms with Gasteiger partial charge in [-0.15, -0.1) is 12.4 Å². The fourth-order valence-corrected chi connectivity index (χ4v) is 1.77. The third kappa shape index (κ3) is 3.24. The van der Waals surface area contributed by atoms with Crippen molar-refractivity contribution in [2.24, 2.45) is 14.1 Å². The Hall–Kier alpha value is -1.70. The minimum Gasteiger partial charge on any atom is -0.378 e. The number of anilines is 1. The molecule has 2 rings (SSSR count). The Morgan fingerprint density at radius 3 is 2.45 bits per heavy atom. The van der Waals surface area contributed by atoms with E-state index < -0.39 is 11.9 Å². The number of hydrogen-bond donors (Lipinski definition) is 1. The zero-order valence-corrected chi connectivity index (χ0v) is 12.0. The number of aryl methyl sites for hydroxylation is 2. The highest BCUT2D eigenvalue weighted by Gasteiger charge is 2.36. The van der Waals surface area contributed by atoms with Crippen molar-refractivity contribution in [2.75, 3.05) is 5.32 Å². The average molecular weight is 310 g/mol. The van der Waals surface area contributed by atoms with E-state index in [4.69, 9.17) is 0 Å². The molecule has 0 spiro atoms. The van der Waals surface area contributed by atoms with Gasteiger partial charge in [0.25, 0.3) is 0 Å². The monoisotopic (exact) mass is 309 g/mol. The maximum atomic E-state index is 12.8. The predicted octanol–water partition coefficient (Wildman–Crippen LogP) is 2.51. The molecule has 0 bridgehead atoms. The van der Waals surface area contributed by atoms with Gasteiger partial charge in [0.05, 0.1) is 17.6 Å². The molecule has 2 aromatic rings. The molecule has 112 valence electrons. The van der Waals surface area contributed by atoms with Crippen molar-refractivity contribution in [1.82, 2.24) is 19.6 Å². The van der Waals surface area contributed by atoms with E-state index in [0.29, 0.717) is 5.69 Å². The van der Waals surface area contributed by atoms with E-state index >= 15 is 0 Å². The second-order valence-corrected chi connectivity index (χ2v) is 4.30. The molecule has 0 aromatic carbocycles.